The number of halogens is 3. The van der Waals surface area contributed by atoms with Gasteiger partial charge in [-0.1, -0.05) is 24.2 Å². The Hall–Kier alpha value is -2.55. The molecule has 0 aliphatic carbocycles. The molecule has 6 nitrogen and oxygen atoms in total. The second-order valence-corrected chi connectivity index (χ2v) is 7.50. The largest absolute Gasteiger partial charge is 0.416 e. The van der Waals surface area contributed by atoms with Crippen LogP contribution >= 0.6 is 0 Å². The normalized spacial score (nSPS) is 19.1. The van der Waals surface area contributed by atoms with E-state index in [0.717, 1.165) is 29.2 Å². The minimum atomic E-state index is -4.38. The first kappa shape index (κ1) is 22.1. The monoisotopic (exact) mass is 424 g/mol. The Morgan fingerprint density at radius 3 is 2.77 bits per heavy atom. The summed E-state index contributed by atoms with van der Waals surface area (Å²) >= 11 is 0. The highest BCUT2D eigenvalue weighted by molar-refractivity contribution is 5.80. The highest BCUT2D eigenvalue weighted by Gasteiger charge is 2.32. The van der Waals surface area contributed by atoms with Crippen LogP contribution in [0.2, 0.25) is 0 Å². The molecule has 0 amide bonds. The summed E-state index contributed by atoms with van der Waals surface area (Å²) in [5.74, 6) is 1.65. The van der Waals surface area contributed by atoms with Crippen molar-refractivity contribution in [2.75, 3.05) is 33.3 Å². The second-order valence-electron chi connectivity index (χ2n) is 7.50. The van der Waals surface area contributed by atoms with Crippen LogP contribution in [0.1, 0.15) is 47.1 Å². The first-order valence-corrected chi connectivity index (χ1v) is 9.87. The fourth-order valence-corrected chi connectivity index (χ4v) is 3.83. The Labute approximate surface area is 174 Å². The summed E-state index contributed by atoms with van der Waals surface area (Å²) in [6.45, 7) is 7.94. The van der Waals surface area contributed by atoms with Crippen molar-refractivity contribution in [2.24, 2.45) is 4.99 Å². The van der Waals surface area contributed by atoms with Gasteiger partial charge in [0.05, 0.1) is 24.4 Å². The number of guanidine groups is 1. The summed E-state index contributed by atoms with van der Waals surface area (Å²) in [5.41, 5.74) is 1.78. The van der Waals surface area contributed by atoms with Crippen molar-refractivity contribution in [1.29, 1.82) is 0 Å². The van der Waals surface area contributed by atoms with E-state index in [2.05, 4.69) is 22.4 Å². The van der Waals surface area contributed by atoms with Gasteiger partial charge >= 0.3 is 6.18 Å². The molecule has 1 aliphatic heterocycles. The SMILES string of the molecule is CN=C(NCC(C)c1c(C)noc1C)N1CCOC(c2cccc(C(F)(F)F)c2)C1. The van der Waals surface area contributed by atoms with Crippen LogP contribution in [0.5, 0.6) is 0 Å². The van der Waals surface area contributed by atoms with Gasteiger partial charge < -0.3 is 19.5 Å². The van der Waals surface area contributed by atoms with Crippen molar-refractivity contribution in [2.45, 2.75) is 39.0 Å². The molecule has 1 fully saturated rings. The Balaban J connectivity index is 1.66. The van der Waals surface area contributed by atoms with Crippen molar-refractivity contribution in [3.8, 4) is 0 Å². The predicted molar refractivity (Wildman–Crippen MR) is 107 cm³/mol. The third-order valence-corrected chi connectivity index (χ3v) is 5.31. The fourth-order valence-electron chi connectivity index (χ4n) is 3.83. The smallest absolute Gasteiger partial charge is 0.370 e. The molecule has 3 rings (SSSR count). The summed E-state index contributed by atoms with van der Waals surface area (Å²) < 4.78 is 50.2. The molecular weight excluding hydrogens is 397 g/mol. The van der Waals surface area contributed by atoms with Gasteiger partial charge in [0.25, 0.3) is 0 Å². The Kier molecular flexibility index (Phi) is 6.70. The molecule has 0 radical (unpaired) electrons. The minimum absolute atomic E-state index is 0.160. The Morgan fingerprint density at radius 2 is 2.13 bits per heavy atom. The topological polar surface area (TPSA) is 62.9 Å². The van der Waals surface area contributed by atoms with Crippen molar-refractivity contribution in [3.05, 3.63) is 52.4 Å². The number of ether oxygens (including phenoxy) is 1. The quantitative estimate of drug-likeness (QED) is 0.592. The van der Waals surface area contributed by atoms with Gasteiger partial charge in [0.2, 0.25) is 0 Å². The van der Waals surface area contributed by atoms with Gasteiger partial charge in [-0.05, 0) is 31.5 Å². The first-order chi connectivity index (χ1) is 14.2. The van der Waals surface area contributed by atoms with Crippen LogP contribution in [0.25, 0.3) is 0 Å². The van der Waals surface area contributed by atoms with E-state index in [0.29, 0.717) is 37.8 Å². The molecule has 1 aromatic heterocycles. The number of nitrogens with one attached hydrogen (secondary N) is 1. The molecule has 2 unspecified atom stereocenters. The highest BCUT2D eigenvalue weighted by atomic mass is 19.4. The summed E-state index contributed by atoms with van der Waals surface area (Å²) in [6.07, 6.45) is -4.84. The summed E-state index contributed by atoms with van der Waals surface area (Å²) in [4.78, 5) is 6.36. The van der Waals surface area contributed by atoms with Crippen molar-refractivity contribution in [1.82, 2.24) is 15.4 Å². The molecule has 164 valence electrons. The first-order valence-electron chi connectivity index (χ1n) is 9.87. The van der Waals surface area contributed by atoms with E-state index in [4.69, 9.17) is 9.26 Å². The lowest BCUT2D eigenvalue weighted by Gasteiger charge is -2.35. The van der Waals surface area contributed by atoms with E-state index in [1.54, 1.807) is 13.1 Å². The number of hydrogen-bond donors (Lipinski definition) is 1. The zero-order chi connectivity index (χ0) is 21.9. The van der Waals surface area contributed by atoms with Crippen molar-refractivity contribution in [3.63, 3.8) is 0 Å². The molecule has 1 N–H and O–H groups in total. The van der Waals surface area contributed by atoms with E-state index < -0.39 is 17.8 Å². The van der Waals surface area contributed by atoms with Crippen molar-refractivity contribution < 1.29 is 22.4 Å². The predicted octanol–water partition coefficient (Wildman–Crippen LogP) is 4.06. The lowest BCUT2D eigenvalue weighted by molar-refractivity contribution is -0.137. The van der Waals surface area contributed by atoms with Crippen LogP contribution < -0.4 is 5.32 Å². The van der Waals surface area contributed by atoms with Gasteiger partial charge in [0.1, 0.15) is 11.9 Å². The maximum Gasteiger partial charge on any atom is 0.416 e. The molecule has 1 saturated heterocycles. The van der Waals surface area contributed by atoms with Crippen molar-refractivity contribution >= 4 is 5.96 Å². The van der Waals surface area contributed by atoms with Gasteiger partial charge in [-0.2, -0.15) is 13.2 Å². The van der Waals surface area contributed by atoms with E-state index >= 15 is 0 Å². The fraction of sp³-hybridized carbons (Fsp3) is 0.524. The van der Waals surface area contributed by atoms with Crippen LogP contribution in [-0.2, 0) is 10.9 Å². The molecule has 0 saturated carbocycles. The molecule has 2 aromatic rings. The molecule has 1 aromatic carbocycles. The molecule has 2 heterocycles. The van der Waals surface area contributed by atoms with E-state index in [9.17, 15) is 13.2 Å². The number of aliphatic imine (C=N–C) groups is 1. The minimum Gasteiger partial charge on any atom is -0.370 e. The number of benzene rings is 1. The highest BCUT2D eigenvalue weighted by Crippen LogP contribution is 2.32. The Morgan fingerprint density at radius 1 is 1.37 bits per heavy atom. The number of nitrogens with zero attached hydrogens (tertiary/aromatic N) is 3. The average molecular weight is 424 g/mol. The maximum absolute atomic E-state index is 13.1. The lowest BCUT2D eigenvalue weighted by Crippen LogP contribution is -2.48. The third-order valence-electron chi connectivity index (χ3n) is 5.31. The van der Waals surface area contributed by atoms with Gasteiger partial charge in [-0.25, -0.2) is 0 Å². The van der Waals surface area contributed by atoms with Crippen LogP contribution in [0.3, 0.4) is 0 Å². The molecule has 1 aliphatic rings. The maximum atomic E-state index is 13.1. The van der Waals surface area contributed by atoms with Crippen LogP contribution in [0, 0.1) is 13.8 Å². The summed E-state index contributed by atoms with van der Waals surface area (Å²) in [6, 6.07) is 5.31. The van der Waals surface area contributed by atoms with E-state index in [-0.39, 0.29) is 5.92 Å². The number of aryl methyl sites for hydroxylation is 2. The molecular formula is C21H27F3N4O2. The van der Waals surface area contributed by atoms with Gasteiger partial charge in [0, 0.05) is 31.6 Å². The van der Waals surface area contributed by atoms with E-state index in [1.165, 1.54) is 6.07 Å². The van der Waals surface area contributed by atoms with Gasteiger partial charge in [-0.3, -0.25) is 4.99 Å². The van der Waals surface area contributed by atoms with Gasteiger partial charge in [0.15, 0.2) is 5.96 Å². The van der Waals surface area contributed by atoms with Crippen LogP contribution in [0.15, 0.2) is 33.8 Å². The standard InChI is InChI=1S/C21H27F3N4O2/c1-13(19-14(2)27-30-15(19)3)11-26-20(25-4)28-8-9-29-18(12-28)16-6-5-7-17(10-16)21(22,23)24/h5-7,10,13,18H,8-9,11-12H2,1-4H3,(H,25,26). The Bertz CT molecular complexity index is 875. The zero-order valence-corrected chi connectivity index (χ0v) is 17.6. The third kappa shape index (κ3) is 4.95. The lowest BCUT2D eigenvalue weighted by atomic mass is 9.99. The molecule has 2 atom stereocenters. The number of morpholine rings is 1. The molecule has 0 bridgehead atoms. The molecule has 30 heavy (non-hydrogen) atoms. The van der Waals surface area contributed by atoms with E-state index in [1.807, 2.05) is 18.7 Å². The van der Waals surface area contributed by atoms with Crippen LogP contribution in [0.4, 0.5) is 13.2 Å². The van der Waals surface area contributed by atoms with Gasteiger partial charge in [-0.15, -0.1) is 0 Å². The second kappa shape index (κ2) is 9.07. The number of rotatable bonds is 4. The number of alkyl halides is 3. The number of hydrogen-bond acceptors (Lipinski definition) is 4. The molecule has 0 spiro atoms. The number of aromatic nitrogens is 1. The summed E-state index contributed by atoms with van der Waals surface area (Å²) in [5, 5.41) is 7.36. The zero-order valence-electron chi connectivity index (χ0n) is 17.6. The average Bonchev–Trinajstić information content (AvgIpc) is 3.06. The van der Waals surface area contributed by atoms with Crippen LogP contribution in [-0.4, -0.2) is 49.3 Å². The summed E-state index contributed by atoms with van der Waals surface area (Å²) in [7, 11) is 1.69. The molecule has 9 heteroatoms.